The van der Waals surface area contributed by atoms with Crippen molar-refractivity contribution in [1.29, 1.82) is 0 Å². The zero-order chi connectivity index (χ0) is 20.6. The molecule has 27 heavy (non-hydrogen) atoms. The van der Waals surface area contributed by atoms with Crippen LogP contribution in [0.1, 0.15) is 25.0 Å². The molecule has 1 aromatic rings. The molecule has 13 heteroatoms. The Labute approximate surface area is 155 Å². The normalized spacial score (nSPS) is 12.3. The van der Waals surface area contributed by atoms with Crippen LogP contribution in [0.5, 0.6) is 0 Å². The van der Waals surface area contributed by atoms with E-state index < -0.39 is 0 Å². The minimum Gasteiger partial charge on any atom is -0.370 e. The van der Waals surface area contributed by atoms with Crippen molar-refractivity contribution in [1.82, 2.24) is 0 Å². The molecule has 0 saturated heterocycles. The van der Waals surface area contributed by atoms with E-state index in [9.17, 15) is 0 Å². The molecule has 0 aromatic heterocycles. The second-order valence-electron chi connectivity index (χ2n) is 5.20. The number of benzene rings is 1. The van der Waals surface area contributed by atoms with Gasteiger partial charge in [0.2, 0.25) is 17.9 Å². The van der Waals surface area contributed by atoms with Gasteiger partial charge in [0.1, 0.15) is 0 Å². The Balaban J connectivity index is 3.54. The standard InChI is InChI=1S/C14H23N13/c1-6(24-26-12(17)18)8-3-9(7(2)25-27-13(19)20)5-10(4-8)22-14(21)23-11(15)16/h3-5H,1-2H3,(H4,17,18,26)(H4,19,20,27)(H6,15,16,21,22,23). The first-order valence-electron chi connectivity index (χ1n) is 7.44. The van der Waals surface area contributed by atoms with Crippen molar-refractivity contribution in [2.75, 3.05) is 0 Å². The lowest BCUT2D eigenvalue weighted by Crippen LogP contribution is -2.26. The predicted molar refractivity (Wildman–Crippen MR) is 110 cm³/mol. The third kappa shape index (κ3) is 7.51. The van der Waals surface area contributed by atoms with Gasteiger partial charge < -0.3 is 40.1 Å². The molecule has 0 bridgehead atoms. The fourth-order valence-electron chi connectivity index (χ4n) is 1.76. The molecule has 0 saturated carbocycles. The summed E-state index contributed by atoms with van der Waals surface area (Å²) in [7, 11) is 0. The summed E-state index contributed by atoms with van der Waals surface area (Å²) < 4.78 is 0. The molecule has 13 nitrogen and oxygen atoms in total. The third-order valence-corrected chi connectivity index (χ3v) is 2.87. The fraction of sp³-hybridized carbons (Fsp3) is 0.143. The van der Waals surface area contributed by atoms with E-state index in [0.717, 1.165) is 0 Å². The van der Waals surface area contributed by atoms with Crippen molar-refractivity contribution in [2.45, 2.75) is 13.8 Å². The maximum Gasteiger partial charge on any atom is 0.223 e. The van der Waals surface area contributed by atoms with Gasteiger partial charge in [-0.2, -0.15) is 15.2 Å². The number of rotatable bonds is 5. The van der Waals surface area contributed by atoms with E-state index in [2.05, 4.69) is 30.4 Å². The van der Waals surface area contributed by atoms with Gasteiger partial charge in [0, 0.05) is 11.1 Å². The largest absolute Gasteiger partial charge is 0.370 e. The van der Waals surface area contributed by atoms with Crippen molar-refractivity contribution in [3.05, 3.63) is 29.3 Å². The molecule has 0 aliphatic rings. The summed E-state index contributed by atoms with van der Waals surface area (Å²) in [6, 6.07) is 5.15. The predicted octanol–water partition coefficient (Wildman–Crippen LogP) is -2.10. The molecule has 0 amide bonds. The summed E-state index contributed by atoms with van der Waals surface area (Å²) in [5.41, 5.74) is 40.2. The van der Waals surface area contributed by atoms with E-state index in [0.29, 0.717) is 28.2 Å². The van der Waals surface area contributed by atoms with E-state index in [1.807, 2.05) is 0 Å². The highest BCUT2D eigenvalue weighted by Crippen LogP contribution is 2.20. The molecular formula is C14H23N13. The van der Waals surface area contributed by atoms with Gasteiger partial charge in [-0.1, -0.05) is 0 Å². The summed E-state index contributed by atoms with van der Waals surface area (Å²) in [4.78, 5) is 7.81. The summed E-state index contributed by atoms with van der Waals surface area (Å²) >= 11 is 0. The summed E-state index contributed by atoms with van der Waals surface area (Å²) in [6.45, 7) is 3.42. The van der Waals surface area contributed by atoms with E-state index in [-0.39, 0.29) is 23.8 Å². The molecule has 1 aromatic carbocycles. The maximum absolute atomic E-state index is 5.69. The number of hydrogen-bond acceptors (Lipinski definition) is 5. The van der Waals surface area contributed by atoms with Crippen LogP contribution in [0.4, 0.5) is 5.69 Å². The van der Waals surface area contributed by atoms with Crippen LogP contribution in [0.2, 0.25) is 0 Å². The average molecular weight is 373 g/mol. The van der Waals surface area contributed by atoms with Crippen LogP contribution in [0, 0.1) is 0 Å². The molecule has 144 valence electrons. The molecular weight excluding hydrogens is 350 g/mol. The second-order valence-corrected chi connectivity index (χ2v) is 5.20. The Hall–Kier alpha value is -4.16. The van der Waals surface area contributed by atoms with Gasteiger partial charge in [-0.15, -0.1) is 10.2 Å². The number of hydrogen-bond donors (Lipinski definition) is 7. The first kappa shape index (κ1) is 20.9. The lowest BCUT2D eigenvalue weighted by molar-refractivity contribution is 1.19. The Bertz CT molecular complexity index is 809. The van der Waals surface area contributed by atoms with Crippen LogP contribution in [0.3, 0.4) is 0 Å². The van der Waals surface area contributed by atoms with Gasteiger partial charge in [0.05, 0.1) is 17.1 Å². The van der Waals surface area contributed by atoms with Crippen LogP contribution in [-0.4, -0.2) is 35.3 Å². The average Bonchev–Trinajstić information content (AvgIpc) is 2.56. The highest BCUT2D eigenvalue weighted by atomic mass is 15.3. The molecule has 1 rings (SSSR count). The smallest absolute Gasteiger partial charge is 0.223 e. The van der Waals surface area contributed by atoms with Crippen molar-refractivity contribution in [2.24, 2.45) is 70.5 Å². The Morgan fingerprint density at radius 2 is 1.07 bits per heavy atom. The fourth-order valence-corrected chi connectivity index (χ4v) is 1.76. The van der Waals surface area contributed by atoms with Gasteiger partial charge in [0.25, 0.3) is 0 Å². The third-order valence-electron chi connectivity index (χ3n) is 2.87. The lowest BCUT2D eigenvalue weighted by Gasteiger charge is -2.07. The quantitative estimate of drug-likeness (QED) is 0.171. The number of aliphatic imine (C=N–C) groups is 2. The monoisotopic (exact) mass is 373 g/mol. The number of nitrogens with two attached hydrogens (primary N) is 7. The molecule has 0 aliphatic heterocycles. The molecule has 0 atom stereocenters. The van der Waals surface area contributed by atoms with Gasteiger partial charge >= 0.3 is 0 Å². The minimum atomic E-state index is -0.219. The molecule has 0 heterocycles. The highest BCUT2D eigenvalue weighted by Gasteiger charge is 2.07. The van der Waals surface area contributed by atoms with E-state index in [4.69, 9.17) is 40.1 Å². The first-order chi connectivity index (χ1) is 12.6. The second kappa shape index (κ2) is 9.36. The summed E-state index contributed by atoms with van der Waals surface area (Å²) in [6.07, 6.45) is 0. The molecule has 0 spiro atoms. The highest BCUT2D eigenvalue weighted by molar-refractivity contribution is 6.05. The van der Waals surface area contributed by atoms with Gasteiger partial charge in [-0.3, -0.25) is 0 Å². The Morgan fingerprint density at radius 3 is 1.44 bits per heavy atom. The maximum atomic E-state index is 5.69. The summed E-state index contributed by atoms with van der Waals surface area (Å²) in [5.74, 6) is -0.697. The van der Waals surface area contributed by atoms with Crippen molar-refractivity contribution >= 4 is 40.9 Å². The van der Waals surface area contributed by atoms with Crippen LogP contribution < -0.4 is 40.1 Å². The van der Waals surface area contributed by atoms with Crippen molar-refractivity contribution < 1.29 is 0 Å². The van der Waals surface area contributed by atoms with E-state index >= 15 is 0 Å². The van der Waals surface area contributed by atoms with Gasteiger partial charge in [-0.05, 0) is 32.0 Å². The zero-order valence-corrected chi connectivity index (χ0v) is 15.0. The SMILES string of the molecule is CC(=NN=C(N)N)c1cc(N=C(N)N=C(N)N)cc(C(C)=NN=C(N)N)c1. The number of guanidine groups is 4. The number of nitrogens with zero attached hydrogens (tertiary/aromatic N) is 6. The lowest BCUT2D eigenvalue weighted by atomic mass is 10.0. The van der Waals surface area contributed by atoms with Gasteiger partial charge in [0.15, 0.2) is 5.96 Å². The van der Waals surface area contributed by atoms with Crippen molar-refractivity contribution in [3.8, 4) is 0 Å². The first-order valence-corrected chi connectivity index (χ1v) is 7.44. The Morgan fingerprint density at radius 1 is 0.630 bits per heavy atom. The van der Waals surface area contributed by atoms with Crippen LogP contribution in [-0.2, 0) is 0 Å². The molecule has 0 fully saturated rings. The van der Waals surface area contributed by atoms with Crippen molar-refractivity contribution in [3.63, 3.8) is 0 Å². The van der Waals surface area contributed by atoms with E-state index in [1.165, 1.54) is 0 Å². The molecule has 0 aliphatic carbocycles. The van der Waals surface area contributed by atoms with Crippen LogP contribution >= 0.6 is 0 Å². The van der Waals surface area contributed by atoms with Gasteiger partial charge in [-0.25, -0.2) is 4.99 Å². The topological polar surface area (TPSA) is 256 Å². The Kier molecular flexibility index (Phi) is 7.24. The minimum absolute atomic E-state index is 0.129. The van der Waals surface area contributed by atoms with E-state index in [1.54, 1.807) is 32.0 Å². The summed E-state index contributed by atoms with van der Waals surface area (Å²) in [5, 5.41) is 15.1. The molecule has 0 radical (unpaired) electrons. The molecule has 0 unspecified atom stereocenters. The van der Waals surface area contributed by atoms with Crippen LogP contribution in [0.15, 0.2) is 48.6 Å². The molecule has 14 N–H and O–H groups in total. The zero-order valence-electron chi connectivity index (χ0n) is 15.0. The van der Waals surface area contributed by atoms with Crippen LogP contribution in [0.25, 0.3) is 0 Å².